The largest absolute Gasteiger partial charge is 0.480 e. The Morgan fingerprint density at radius 2 is 2.00 bits per heavy atom. The summed E-state index contributed by atoms with van der Waals surface area (Å²) in [6, 6.07) is 3.72. The van der Waals surface area contributed by atoms with E-state index in [2.05, 4.69) is 20.3 Å². The number of halogens is 1. The maximum atomic E-state index is 13.1. The number of methoxy groups -OCH3 is 1. The standard InChI is InChI=1S/C20H20FN5O3/c1-26-14(17-19(28-2)23-9-24-20(17)29-11-3-4-11)5-10-6-16(22-8-15(10)26)25-18(27)12-7-13(12)21/h5-6,8-9,11-13H,3-4,7H2,1-2H3,(H,22,25,27)/t12-,13+/m1/s1. The van der Waals surface area contributed by atoms with E-state index in [4.69, 9.17) is 9.47 Å². The van der Waals surface area contributed by atoms with Crippen molar-refractivity contribution in [3.63, 3.8) is 0 Å². The molecule has 2 fully saturated rings. The van der Waals surface area contributed by atoms with Crippen molar-refractivity contribution < 1.29 is 18.7 Å². The highest BCUT2D eigenvalue weighted by molar-refractivity contribution is 5.96. The van der Waals surface area contributed by atoms with Crippen LogP contribution in [-0.4, -0.2) is 44.8 Å². The number of pyridine rings is 1. The fourth-order valence-corrected chi connectivity index (χ4v) is 3.36. The maximum absolute atomic E-state index is 13.1. The van der Waals surface area contributed by atoms with E-state index in [1.807, 2.05) is 17.7 Å². The number of fused-ring (bicyclic) bond motifs is 1. The summed E-state index contributed by atoms with van der Waals surface area (Å²) in [5, 5.41) is 3.55. The number of nitrogens with zero attached hydrogens (tertiary/aromatic N) is 4. The first-order valence-electron chi connectivity index (χ1n) is 9.51. The third kappa shape index (κ3) is 3.26. The summed E-state index contributed by atoms with van der Waals surface area (Å²) < 4.78 is 26.5. The average Bonchev–Trinajstić information content (AvgIpc) is 3.63. The van der Waals surface area contributed by atoms with Gasteiger partial charge in [0.1, 0.15) is 30.0 Å². The molecule has 1 N–H and O–H groups in total. The monoisotopic (exact) mass is 397 g/mol. The lowest BCUT2D eigenvalue weighted by molar-refractivity contribution is -0.117. The predicted octanol–water partition coefficient (Wildman–Crippen LogP) is 2.88. The van der Waals surface area contributed by atoms with E-state index in [0.717, 1.165) is 29.4 Å². The van der Waals surface area contributed by atoms with E-state index in [0.29, 0.717) is 23.1 Å². The Hall–Kier alpha value is -3.23. The van der Waals surface area contributed by atoms with Crippen molar-refractivity contribution in [1.29, 1.82) is 0 Å². The van der Waals surface area contributed by atoms with Crippen LogP contribution in [0.2, 0.25) is 0 Å². The van der Waals surface area contributed by atoms with E-state index >= 15 is 0 Å². The molecule has 8 nitrogen and oxygen atoms in total. The van der Waals surface area contributed by atoms with Gasteiger partial charge in [0.2, 0.25) is 17.7 Å². The summed E-state index contributed by atoms with van der Waals surface area (Å²) in [5.41, 5.74) is 2.34. The molecule has 3 aromatic heterocycles. The molecule has 2 saturated carbocycles. The molecule has 2 aliphatic carbocycles. The molecule has 0 unspecified atom stereocenters. The number of carbonyl (C=O) groups excluding carboxylic acids is 1. The number of aromatic nitrogens is 4. The van der Waals surface area contributed by atoms with E-state index in [-0.39, 0.29) is 18.4 Å². The van der Waals surface area contributed by atoms with Gasteiger partial charge in [0.25, 0.3) is 0 Å². The van der Waals surface area contributed by atoms with Crippen LogP contribution in [0, 0.1) is 5.92 Å². The minimum Gasteiger partial charge on any atom is -0.480 e. The SMILES string of the molecule is COc1ncnc(OC2CC2)c1-c1cc2cc(NC(=O)[C@@H]3C[C@@H]3F)ncc2n1C. The van der Waals surface area contributed by atoms with E-state index in [1.165, 1.54) is 6.33 Å². The van der Waals surface area contributed by atoms with Gasteiger partial charge in [-0.15, -0.1) is 0 Å². The number of aryl methyl sites for hydroxylation is 1. The fourth-order valence-electron chi connectivity index (χ4n) is 3.36. The van der Waals surface area contributed by atoms with Gasteiger partial charge in [0.15, 0.2) is 0 Å². The minimum absolute atomic E-state index is 0.174. The van der Waals surface area contributed by atoms with Gasteiger partial charge in [-0.05, 0) is 31.4 Å². The van der Waals surface area contributed by atoms with Gasteiger partial charge in [0, 0.05) is 12.4 Å². The van der Waals surface area contributed by atoms with Gasteiger partial charge >= 0.3 is 0 Å². The van der Waals surface area contributed by atoms with Gasteiger partial charge in [-0.25, -0.2) is 19.3 Å². The quantitative estimate of drug-likeness (QED) is 0.688. The van der Waals surface area contributed by atoms with Crippen LogP contribution in [0.25, 0.3) is 22.2 Å². The predicted molar refractivity (Wildman–Crippen MR) is 104 cm³/mol. The highest BCUT2D eigenvalue weighted by Gasteiger charge is 2.43. The van der Waals surface area contributed by atoms with E-state index in [1.54, 1.807) is 19.4 Å². The zero-order valence-corrected chi connectivity index (χ0v) is 16.1. The van der Waals surface area contributed by atoms with Crippen molar-refractivity contribution >= 4 is 22.6 Å². The Labute approximate surface area is 166 Å². The second kappa shape index (κ2) is 6.68. The van der Waals surface area contributed by atoms with Crippen molar-refractivity contribution in [2.24, 2.45) is 13.0 Å². The molecule has 1 amide bonds. The number of alkyl halides is 1. The number of carbonyl (C=O) groups is 1. The molecule has 5 rings (SSSR count). The number of amides is 1. The minimum atomic E-state index is -1.04. The number of hydrogen-bond donors (Lipinski definition) is 1. The van der Waals surface area contributed by atoms with Crippen LogP contribution in [0.3, 0.4) is 0 Å². The Morgan fingerprint density at radius 1 is 1.24 bits per heavy atom. The first-order valence-corrected chi connectivity index (χ1v) is 9.51. The van der Waals surface area contributed by atoms with Crippen LogP contribution in [0.15, 0.2) is 24.7 Å². The highest BCUT2D eigenvalue weighted by Crippen LogP contribution is 2.40. The van der Waals surface area contributed by atoms with E-state index in [9.17, 15) is 9.18 Å². The molecule has 2 aliphatic rings. The van der Waals surface area contributed by atoms with Crippen molar-refractivity contribution in [3.8, 4) is 23.0 Å². The molecular weight excluding hydrogens is 377 g/mol. The van der Waals surface area contributed by atoms with Crippen molar-refractivity contribution in [3.05, 3.63) is 24.7 Å². The van der Waals surface area contributed by atoms with Crippen molar-refractivity contribution in [2.45, 2.75) is 31.5 Å². The fraction of sp³-hybridized carbons (Fsp3) is 0.400. The Bertz CT molecular complexity index is 1110. The molecule has 9 heteroatoms. The van der Waals surface area contributed by atoms with Crippen LogP contribution < -0.4 is 14.8 Å². The van der Waals surface area contributed by atoms with E-state index < -0.39 is 12.1 Å². The normalized spacial score (nSPS) is 20.5. The van der Waals surface area contributed by atoms with Gasteiger partial charge in [-0.1, -0.05) is 0 Å². The topological polar surface area (TPSA) is 91.2 Å². The molecule has 0 saturated heterocycles. The summed E-state index contributed by atoms with van der Waals surface area (Å²) in [4.78, 5) is 24.8. The highest BCUT2D eigenvalue weighted by atomic mass is 19.1. The van der Waals surface area contributed by atoms with Gasteiger partial charge < -0.3 is 19.4 Å². The Balaban J connectivity index is 1.54. The maximum Gasteiger partial charge on any atom is 0.231 e. The second-order valence-electron chi connectivity index (χ2n) is 7.44. The molecule has 0 bridgehead atoms. The lowest BCUT2D eigenvalue weighted by atomic mass is 10.2. The van der Waals surface area contributed by atoms with Gasteiger partial charge in [-0.2, -0.15) is 0 Å². The number of hydrogen-bond acceptors (Lipinski definition) is 6. The van der Waals surface area contributed by atoms with Crippen LogP contribution >= 0.6 is 0 Å². The summed E-state index contributed by atoms with van der Waals surface area (Å²) in [7, 11) is 3.46. The zero-order valence-electron chi connectivity index (χ0n) is 16.1. The van der Waals surface area contributed by atoms with Gasteiger partial charge in [0.05, 0.1) is 30.4 Å². The summed E-state index contributed by atoms with van der Waals surface area (Å²) in [6.45, 7) is 0. The molecule has 0 aromatic carbocycles. The third-order valence-electron chi connectivity index (χ3n) is 5.26. The molecule has 2 atom stereocenters. The molecule has 150 valence electrons. The lowest BCUT2D eigenvalue weighted by Gasteiger charge is -2.13. The molecule has 3 aromatic rings. The second-order valence-corrected chi connectivity index (χ2v) is 7.44. The summed E-state index contributed by atoms with van der Waals surface area (Å²) >= 11 is 0. The van der Waals surface area contributed by atoms with Gasteiger partial charge in [-0.3, -0.25) is 4.79 Å². The molecule has 29 heavy (non-hydrogen) atoms. The first-order chi connectivity index (χ1) is 14.0. The van der Waals surface area contributed by atoms with Crippen molar-refractivity contribution in [1.82, 2.24) is 19.5 Å². The number of ether oxygens (including phenoxy) is 2. The average molecular weight is 397 g/mol. The Kier molecular flexibility index (Phi) is 4.11. The number of nitrogens with one attached hydrogen (secondary N) is 1. The Morgan fingerprint density at radius 3 is 2.69 bits per heavy atom. The van der Waals surface area contributed by atoms with Crippen LogP contribution in [0.4, 0.5) is 10.2 Å². The summed E-state index contributed by atoms with van der Waals surface area (Å²) in [5.74, 6) is 0.398. The van der Waals surface area contributed by atoms with Crippen LogP contribution in [0.5, 0.6) is 11.8 Å². The lowest BCUT2D eigenvalue weighted by Crippen LogP contribution is -2.15. The number of anilines is 1. The van der Waals surface area contributed by atoms with Crippen molar-refractivity contribution in [2.75, 3.05) is 12.4 Å². The molecular formula is C20H20FN5O3. The molecule has 3 heterocycles. The molecule has 0 aliphatic heterocycles. The van der Waals surface area contributed by atoms with Crippen LogP contribution in [0.1, 0.15) is 19.3 Å². The smallest absolute Gasteiger partial charge is 0.231 e. The molecule has 0 spiro atoms. The third-order valence-corrected chi connectivity index (χ3v) is 5.26. The zero-order chi connectivity index (χ0) is 20.1. The molecule has 0 radical (unpaired) electrons. The first kappa shape index (κ1) is 17.8. The van der Waals surface area contributed by atoms with Crippen LogP contribution in [-0.2, 0) is 11.8 Å². The summed E-state index contributed by atoms with van der Waals surface area (Å²) in [6.07, 6.45) is 4.52. The number of rotatable bonds is 6.